The molecule has 0 unspecified atom stereocenters. The molecule has 0 bridgehead atoms. The van der Waals surface area contributed by atoms with E-state index in [4.69, 9.17) is 0 Å². The number of hydrogen-bond acceptors (Lipinski definition) is 4. The molecule has 0 aliphatic carbocycles. The van der Waals surface area contributed by atoms with Gasteiger partial charge in [0.15, 0.2) is 5.16 Å². The van der Waals surface area contributed by atoms with Gasteiger partial charge in [0, 0.05) is 24.4 Å². The van der Waals surface area contributed by atoms with Crippen LogP contribution in [0, 0.1) is 5.82 Å². The molecular formula is C17H20FN3OS. The summed E-state index contributed by atoms with van der Waals surface area (Å²) >= 11 is 1.29. The van der Waals surface area contributed by atoms with Gasteiger partial charge in [-0.1, -0.05) is 43.8 Å². The molecule has 2 rings (SSSR count). The highest BCUT2D eigenvalue weighted by molar-refractivity contribution is 8.00. The first-order valence-electron chi connectivity index (χ1n) is 7.36. The van der Waals surface area contributed by atoms with Gasteiger partial charge in [-0.2, -0.15) is 0 Å². The SMILES string of the molecule is C[C@H](Sc1ncccn1)C(=O)NCC(C)(C)c1ccccc1F. The minimum Gasteiger partial charge on any atom is -0.354 e. The van der Waals surface area contributed by atoms with Crippen LogP contribution < -0.4 is 5.32 Å². The van der Waals surface area contributed by atoms with E-state index in [1.54, 1.807) is 43.6 Å². The summed E-state index contributed by atoms with van der Waals surface area (Å²) in [5.74, 6) is -0.376. The molecule has 2 aromatic rings. The first-order valence-corrected chi connectivity index (χ1v) is 8.24. The number of benzene rings is 1. The second-order valence-electron chi connectivity index (χ2n) is 5.87. The summed E-state index contributed by atoms with van der Waals surface area (Å²) in [6.07, 6.45) is 3.28. The first kappa shape index (κ1) is 17.4. The van der Waals surface area contributed by atoms with Crippen molar-refractivity contribution in [3.8, 4) is 0 Å². The maximum Gasteiger partial charge on any atom is 0.233 e. The number of carbonyl (C=O) groups excluding carboxylic acids is 1. The molecule has 0 saturated carbocycles. The highest BCUT2D eigenvalue weighted by atomic mass is 32.2. The molecule has 122 valence electrons. The average molecular weight is 333 g/mol. The average Bonchev–Trinajstić information content (AvgIpc) is 2.54. The number of hydrogen-bond donors (Lipinski definition) is 1. The summed E-state index contributed by atoms with van der Waals surface area (Å²) in [6.45, 7) is 5.97. The van der Waals surface area contributed by atoms with Crippen LogP contribution >= 0.6 is 11.8 Å². The number of nitrogens with zero attached hydrogens (tertiary/aromatic N) is 2. The van der Waals surface area contributed by atoms with E-state index < -0.39 is 5.41 Å². The molecule has 1 aromatic heterocycles. The van der Waals surface area contributed by atoms with Crippen LogP contribution in [0.25, 0.3) is 0 Å². The topological polar surface area (TPSA) is 54.9 Å². The number of amides is 1. The minimum atomic E-state index is -0.491. The molecule has 0 fully saturated rings. The van der Waals surface area contributed by atoms with E-state index in [0.29, 0.717) is 17.3 Å². The summed E-state index contributed by atoms with van der Waals surface area (Å²) in [6, 6.07) is 8.37. The summed E-state index contributed by atoms with van der Waals surface area (Å²) in [7, 11) is 0. The van der Waals surface area contributed by atoms with Crippen LogP contribution in [0.5, 0.6) is 0 Å². The zero-order valence-electron chi connectivity index (χ0n) is 13.4. The smallest absolute Gasteiger partial charge is 0.233 e. The predicted octanol–water partition coefficient (Wildman–Crippen LogP) is 3.19. The van der Waals surface area contributed by atoms with E-state index in [1.165, 1.54) is 17.8 Å². The van der Waals surface area contributed by atoms with Crippen molar-refractivity contribution in [3.05, 3.63) is 54.1 Å². The van der Waals surface area contributed by atoms with Gasteiger partial charge < -0.3 is 5.32 Å². The van der Waals surface area contributed by atoms with Gasteiger partial charge in [-0.15, -0.1) is 0 Å². The molecular weight excluding hydrogens is 313 g/mol. The summed E-state index contributed by atoms with van der Waals surface area (Å²) < 4.78 is 13.9. The Hall–Kier alpha value is -1.95. The van der Waals surface area contributed by atoms with E-state index in [0.717, 1.165) is 0 Å². The van der Waals surface area contributed by atoms with E-state index in [-0.39, 0.29) is 17.0 Å². The standard InChI is InChI=1S/C17H20FN3OS/c1-12(23-16-19-9-6-10-20-16)15(22)21-11-17(2,3)13-7-4-5-8-14(13)18/h4-10,12H,11H2,1-3H3,(H,21,22)/t12-/m0/s1. The van der Waals surface area contributed by atoms with E-state index in [1.807, 2.05) is 13.8 Å². The van der Waals surface area contributed by atoms with Gasteiger partial charge in [0.2, 0.25) is 5.91 Å². The number of thioether (sulfide) groups is 1. The summed E-state index contributed by atoms with van der Waals surface area (Å²) in [5, 5.41) is 3.12. The van der Waals surface area contributed by atoms with Crippen molar-refractivity contribution < 1.29 is 9.18 Å². The number of rotatable bonds is 6. The molecule has 1 aromatic carbocycles. The molecule has 0 aliphatic heterocycles. The van der Waals surface area contributed by atoms with Crippen LogP contribution in [0.2, 0.25) is 0 Å². The highest BCUT2D eigenvalue weighted by Crippen LogP contribution is 2.25. The van der Waals surface area contributed by atoms with Crippen molar-refractivity contribution >= 4 is 17.7 Å². The maximum absolute atomic E-state index is 13.9. The van der Waals surface area contributed by atoms with Crippen molar-refractivity contribution in [1.82, 2.24) is 15.3 Å². The van der Waals surface area contributed by atoms with Gasteiger partial charge in [-0.05, 0) is 24.6 Å². The molecule has 0 aliphatic rings. The molecule has 0 radical (unpaired) electrons. The van der Waals surface area contributed by atoms with Crippen LogP contribution in [0.4, 0.5) is 4.39 Å². The fourth-order valence-electron chi connectivity index (χ4n) is 2.12. The monoisotopic (exact) mass is 333 g/mol. The fourth-order valence-corrected chi connectivity index (χ4v) is 2.87. The van der Waals surface area contributed by atoms with Gasteiger partial charge in [0.05, 0.1) is 5.25 Å². The zero-order chi connectivity index (χ0) is 16.9. The lowest BCUT2D eigenvalue weighted by Gasteiger charge is -2.26. The summed E-state index contributed by atoms with van der Waals surface area (Å²) in [4.78, 5) is 20.4. The zero-order valence-corrected chi connectivity index (χ0v) is 14.2. The van der Waals surface area contributed by atoms with Crippen LogP contribution in [0.1, 0.15) is 26.3 Å². The first-order chi connectivity index (χ1) is 10.9. The van der Waals surface area contributed by atoms with Crippen molar-refractivity contribution in [1.29, 1.82) is 0 Å². The minimum absolute atomic E-state index is 0.119. The van der Waals surface area contributed by atoms with Crippen molar-refractivity contribution in [2.75, 3.05) is 6.54 Å². The Kier molecular flexibility index (Phi) is 5.71. The van der Waals surface area contributed by atoms with Crippen molar-refractivity contribution in [3.63, 3.8) is 0 Å². The predicted molar refractivity (Wildman–Crippen MR) is 89.8 cm³/mol. The van der Waals surface area contributed by atoms with Gasteiger partial charge >= 0.3 is 0 Å². The molecule has 1 N–H and O–H groups in total. The molecule has 1 atom stereocenters. The van der Waals surface area contributed by atoms with Crippen LogP contribution in [0.15, 0.2) is 47.9 Å². The van der Waals surface area contributed by atoms with E-state index in [9.17, 15) is 9.18 Å². The number of carbonyl (C=O) groups is 1. The Balaban J connectivity index is 1.94. The van der Waals surface area contributed by atoms with Gasteiger partial charge in [-0.25, -0.2) is 14.4 Å². The van der Waals surface area contributed by atoms with Crippen molar-refractivity contribution in [2.45, 2.75) is 36.6 Å². The fraction of sp³-hybridized carbons (Fsp3) is 0.353. The Morgan fingerprint density at radius 2 is 1.91 bits per heavy atom. The Morgan fingerprint density at radius 3 is 2.57 bits per heavy atom. The number of halogens is 1. The second-order valence-corrected chi connectivity index (χ2v) is 7.18. The molecule has 0 spiro atoms. The third-order valence-corrected chi connectivity index (χ3v) is 4.49. The Morgan fingerprint density at radius 1 is 1.26 bits per heavy atom. The largest absolute Gasteiger partial charge is 0.354 e. The van der Waals surface area contributed by atoms with Gasteiger partial charge in [-0.3, -0.25) is 4.79 Å². The lowest BCUT2D eigenvalue weighted by atomic mass is 9.84. The Bertz CT molecular complexity index is 664. The molecule has 0 saturated heterocycles. The quantitative estimate of drug-likeness (QED) is 0.651. The van der Waals surface area contributed by atoms with Crippen LogP contribution in [-0.4, -0.2) is 27.7 Å². The molecule has 6 heteroatoms. The highest BCUT2D eigenvalue weighted by Gasteiger charge is 2.26. The van der Waals surface area contributed by atoms with Crippen LogP contribution in [0.3, 0.4) is 0 Å². The third kappa shape index (κ3) is 4.76. The molecule has 1 amide bonds. The van der Waals surface area contributed by atoms with Gasteiger partial charge in [0.1, 0.15) is 5.82 Å². The molecule has 23 heavy (non-hydrogen) atoms. The maximum atomic E-state index is 13.9. The molecule has 4 nitrogen and oxygen atoms in total. The lowest BCUT2D eigenvalue weighted by Crippen LogP contribution is -2.40. The molecule has 1 heterocycles. The number of aromatic nitrogens is 2. The lowest BCUT2D eigenvalue weighted by molar-refractivity contribution is -0.120. The number of nitrogens with one attached hydrogen (secondary N) is 1. The Labute approximate surface area is 139 Å². The normalized spacial score (nSPS) is 12.7. The second kappa shape index (κ2) is 7.55. The van der Waals surface area contributed by atoms with Crippen molar-refractivity contribution in [2.24, 2.45) is 0 Å². The van der Waals surface area contributed by atoms with Crippen LogP contribution in [-0.2, 0) is 10.2 Å². The van der Waals surface area contributed by atoms with E-state index in [2.05, 4.69) is 15.3 Å². The van der Waals surface area contributed by atoms with E-state index >= 15 is 0 Å². The summed E-state index contributed by atoms with van der Waals surface area (Å²) in [5.41, 5.74) is 0.0984. The third-order valence-electron chi connectivity index (χ3n) is 3.50. The van der Waals surface area contributed by atoms with Gasteiger partial charge in [0.25, 0.3) is 0 Å².